The van der Waals surface area contributed by atoms with Gasteiger partial charge in [-0.05, 0) is 23.3 Å². The molecule has 0 saturated heterocycles. The minimum atomic E-state index is -1.14. The van der Waals surface area contributed by atoms with E-state index in [9.17, 15) is 19.5 Å². The maximum absolute atomic E-state index is 12.7. The molecular weight excluding hydrogens is 471 g/mol. The summed E-state index contributed by atoms with van der Waals surface area (Å²) in [5.74, 6) is -1.51. The van der Waals surface area contributed by atoms with E-state index in [1.54, 1.807) is 30.3 Å². The van der Waals surface area contributed by atoms with Crippen molar-refractivity contribution in [1.29, 1.82) is 0 Å². The number of hydrogen-bond donors (Lipinski definition) is 4. The number of halogens is 2. The summed E-state index contributed by atoms with van der Waals surface area (Å²) in [6, 6.07) is 10.1. The molecule has 0 saturated carbocycles. The van der Waals surface area contributed by atoms with Gasteiger partial charge in [-0.3, -0.25) is 19.6 Å². The lowest BCUT2D eigenvalue weighted by Crippen LogP contribution is -2.47. The predicted octanol–water partition coefficient (Wildman–Crippen LogP) is 2.09. The molecule has 1 heterocycles. The van der Waals surface area contributed by atoms with Gasteiger partial charge in [-0.25, -0.2) is 10.2 Å². The largest absolute Gasteiger partial charge is 0.392 e. The Morgan fingerprint density at radius 3 is 2.33 bits per heavy atom. The number of amides is 2. The van der Waals surface area contributed by atoms with Crippen molar-refractivity contribution in [3.63, 3.8) is 0 Å². The number of aliphatic hydroxyl groups excluding tert-OH is 1. The van der Waals surface area contributed by atoms with Crippen molar-refractivity contribution in [2.45, 2.75) is 19.1 Å². The zero-order valence-corrected chi connectivity index (χ0v) is 18.9. The SMILES string of the molecule is Cn1ncc(CO)c(-c2ccc(C[C@H](NC(=O)c3c(Cl)cccc3Cl)C(=O)NO)cc2)c1=O. The van der Waals surface area contributed by atoms with E-state index in [0.29, 0.717) is 22.3 Å². The number of aliphatic hydroxyl groups is 1. The number of rotatable bonds is 7. The molecule has 4 N–H and O–H groups in total. The average Bonchev–Trinajstić information content (AvgIpc) is 2.80. The molecule has 1 aromatic heterocycles. The van der Waals surface area contributed by atoms with Gasteiger partial charge >= 0.3 is 0 Å². The van der Waals surface area contributed by atoms with Gasteiger partial charge in [-0.2, -0.15) is 5.10 Å². The highest BCUT2D eigenvalue weighted by molar-refractivity contribution is 6.39. The second-order valence-corrected chi connectivity index (χ2v) is 7.95. The van der Waals surface area contributed by atoms with E-state index >= 15 is 0 Å². The van der Waals surface area contributed by atoms with Crippen LogP contribution in [0.15, 0.2) is 53.5 Å². The number of nitrogens with one attached hydrogen (secondary N) is 2. The molecule has 9 nitrogen and oxygen atoms in total. The zero-order chi connectivity index (χ0) is 24.1. The van der Waals surface area contributed by atoms with Crippen LogP contribution in [0, 0.1) is 0 Å². The average molecular weight is 491 g/mol. The zero-order valence-electron chi connectivity index (χ0n) is 17.4. The van der Waals surface area contributed by atoms with Crippen molar-refractivity contribution in [1.82, 2.24) is 20.6 Å². The minimum absolute atomic E-state index is 0.0111. The molecule has 0 bridgehead atoms. The molecule has 2 aromatic carbocycles. The van der Waals surface area contributed by atoms with Gasteiger partial charge in [0, 0.05) is 19.0 Å². The molecule has 0 fully saturated rings. The Morgan fingerprint density at radius 2 is 1.76 bits per heavy atom. The van der Waals surface area contributed by atoms with Crippen molar-refractivity contribution in [3.05, 3.63) is 85.8 Å². The number of carbonyl (C=O) groups excluding carboxylic acids is 2. The second kappa shape index (κ2) is 10.6. The highest BCUT2D eigenvalue weighted by Crippen LogP contribution is 2.24. The lowest BCUT2D eigenvalue weighted by Gasteiger charge is -2.18. The third-order valence-corrected chi connectivity index (χ3v) is 5.62. The van der Waals surface area contributed by atoms with Crippen molar-refractivity contribution < 1.29 is 19.9 Å². The number of aryl methyl sites for hydroxylation is 1. The van der Waals surface area contributed by atoms with Crippen LogP contribution < -0.4 is 16.4 Å². The van der Waals surface area contributed by atoms with E-state index < -0.39 is 17.9 Å². The molecule has 0 radical (unpaired) electrons. The molecule has 2 amide bonds. The number of hydrogen-bond acceptors (Lipinski definition) is 6. The summed E-state index contributed by atoms with van der Waals surface area (Å²) in [5.41, 5.74) is 3.07. The van der Waals surface area contributed by atoms with Gasteiger partial charge < -0.3 is 10.4 Å². The van der Waals surface area contributed by atoms with Gasteiger partial charge in [0.05, 0.1) is 34.0 Å². The number of aromatic nitrogens is 2. The smallest absolute Gasteiger partial charge is 0.274 e. The quantitative estimate of drug-likeness (QED) is 0.296. The lowest BCUT2D eigenvalue weighted by atomic mass is 9.99. The van der Waals surface area contributed by atoms with Gasteiger partial charge in [0.25, 0.3) is 17.4 Å². The van der Waals surface area contributed by atoms with E-state index in [2.05, 4.69) is 10.4 Å². The van der Waals surface area contributed by atoms with Crippen LogP contribution in [0.25, 0.3) is 11.1 Å². The number of nitrogens with zero attached hydrogens (tertiary/aromatic N) is 2. The standard InChI is InChI=1S/C22H20Cl2N4O5/c1-28-22(32)18(14(11-29)10-25-28)13-7-5-12(6-8-13)9-17(20(30)27-33)26-21(31)19-15(23)3-2-4-16(19)24/h2-8,10,17,29,33H,9,11H2,1H3,(H,26,31)(H,27,30)/t17-/m0/s1. The summed E-state index contributed by atoms with van der Waals surface area (Å²) < 4.78 is 1.17. The summed E-state index contributed by atoms with van der Waals surface area (Å²) in [5, 5.41) is 25.3. The van der Waals surface area contributed by atoms with Crippen LogP contribution >= 0.6 is 23.2 Å². The molecule has 0 aliphatic rings. The monoisotopic (exact) mass is 490 g/mol. The highest BCUT2D eigenvalue weighted by Gasteiger charge is 2.24. The third-order valence-electron chi connectivity index (χ3n) is 4.99. The first-order chi connectivity index (χ1) is 15.8. The second-order valence-electron chi connectivity index (χ2n) is 7.13. The van der Waals surface area contributed by atoms with E-state index in [1.807, 2.05) is 0 Å². The first kappa shape index (κ1) is 24.4. The maximum atomic E-state index is 12.7. The molecule has 11 heteroatoms. The molecule has 1 atom stereocenters. The van der Waals surface area contributed by atoms with Crippen molar-refractivity contribution >= 4 is 35.0 Å². The van der Waals surface area contributed by atoms with E-state index in [1.165, 1.54) is 35.5 Å². The minimum Gasteiger partial charge on any atom is -0.392 e. The van der Waals surface area contributed by atoms with Crippen LogP contribution in [0.4, 0.5) is 0 Å². The summed E-state index contributed by atoms with van der Waals surface area (Å²) >= 11 is 12.1. The fraction of sp³-hybridized carbons (Fsp3) is 0.182. The Morgan fingerprint density at radius 1 is 1.12 bits per heavy atom. The Bertz CT molecular complexity index is 1220. The number of hydroxylamine groups is 1. The molecule has 0 unspecified atom stereocenters. The van der Waals surface area contributed by atoms with Crippen LogP contribution in [0.5, 0.6) is 0 Å². The normalized spacial score (nSPS) is 11.7. The summed E-state index contributed by atoms with van der Waals surface area (Å²) in [6.45, 7) is -0.352. The molecular formula is C22H20Cl2N4O5. The summed E-state index contributed by atoms with van der Waals surface area (Å²) in [6.07, 6.45) is 1.45. The van der Waals surface area contributed by atoms with Gasteiger partial charge in [-0.15, -0.1) is 0 Å². The topological polar surface area (TPSA) is 134 Å². The van der Waals surface area contributed by atoms with Crippen molar-refractivity contribution in [3.8, 4) is 11.1 Å². The Kier molecular flexibility index (Phi) is 7.83. The molecule has 0 aliphatic heterocycles. The lowest BCUT2D eigenvalue weighted by molar-refractivity contribution is -0.131. The highest BCUT2D eigenvalue weighted by atomic mass is 35.5. The molecule has 0 aliphatic carbocycles. The van der Waals surface area contributed by atoms with Gasteiger partial charge in [0.1, 0.15) is 6.04 Å². The van der Waals surface area contributed by atoms with Crippen LogP contribution in [0.1, 0.15) is 21.5 Å². The molecule has 172 valence electrons. The maximum Gasteiger partial charge on any atom is 0.274 e. The molecule has 0 spiro atoms. The fourth-order valence-electron chi connectivity index (χ4n) is 3.28. The Balaban J connectivity index is 1.86. The van der Waals surface area contributed by atoms with E-state index in [0.717, 1.165) is 0 Å². The van der Waals surface area contributed by atoms with Gasteiger partial charge in [0.2, 0.25) is 0 Å². The predicted molar refractivity (Wildman–Crippen MR) is 122 cm³/mol. The van der Waals surface area contributed by atoms with Crippen molar-refractivity contribution in [2.75, 3.05) is 0 Å². The van der Waals surface area contributed by atoms with Gasteiger partial charge in [-0.1, -0.05) is 53.5 Å². The first-order valence-corrected chi connectivity index (χ1v) is 10.5. The number of benzene rings is 2. The van der Waals surface area contributed by atoms with Crippen LogP contribution in [0.2, 0.25) is 10.0 Å². The molecule has 3 rings (SSSR count). The van der Waals surface area contributed by atoms with Crippen LogP contribution in [0.3, 0.4) is 0 Å². The summed E-state index contributed by atoms with van der Waals surface area (Å²) in [4.78, 5) is 37.4. The van der Waals surface area contributed by atoms with E-state index in [4.69, 9.17) is 28.4 Å². The Labute approximate surface area is 198 Å². The third kappa shape index (κ3) is 5.40. The molecule has 3 aromatic rings. The van der Waals surface area contributed by atoms with Crippen LogP contribution in [-0.4, -0.2) is 38.0 Å². The number of carbonyl (C=O) groups is 2. The van der Waals surface area contributed by atoms with Crippen LogP contribution in [-0.2, 0) is 24.9 Å². The fourth-order valence-corrected chi connectivity index (χ4v) is 3.85. The molecule has 33 heavy (non-hydrogen) atoms. The summed E-state index contributed by atoms with van der Waals surface area (Å²) in [7, 11) is 1.51. The Hall–Kier alpha value is -3.24. The van der Waals surface area contributed by atoms with E-state index in [-0.39, 0.29) is 34.2 Å². The van der Waals surface area contributed by atoms with Gasteiger partial charge in [0.15, 0.2) is 0 Å². The van der Waals surface area contributed by atoms with Crippen molar-refractivity contribution in [2.24, 2.45) is 7.05 Å². The first-order valence-electron chi connectivity index (χ1n) is 9.71.